The summed E-state index contributed by atoms with van der Waals surface area (Å²) in [5, 5.41) is 0. The fraction of sp³-hybridized carbons (Fsp3) is 0.500. The summed E-state index contributed by atoms with van der Waals surface area (Å²) in [6.07, 6.45) is 3.83. The lowest BCUT2D eigenvalue weighted by atomic mass is 10.1. The Balaban J connectivity index is 2.22. The molecule has 1 aromatic heterocycles. The van der Waals surface area contributed by atoms with E-state index in [2.05, 4.69) is 41.6 Å². The Morgan fingerprint density at radius 3 is 2.88 bits per heavy atom. The zero-order chi connectivity index (χ0) is 12.0. The van der Waals surface area contributed by atoms with Crippen LogP contribution in [0.25, 0.3) is 11.0 Å². The van der Waals surface area contributed by atoms with Crippen LogP contribution in [0.2, 0.25) is 0 Å². The van der Waals surface area contributed by atoms with Gasteiger partial charge in [-0.05, 0) is 37.3 Å². The molecule has 1 fully saturated rings. The molecule has 3 rings (SSSR count). The third-order valence-electron chi connectivity index (χ3n) is 4.10. The molecular formula is C14H19N3. The van der Waals surface area contributed by atoms with E-state index in [0.29, 0.717) is 17.9 Å². The molecule has 1 saturated carbocycles. The Bertz CT molecular complexity index is 556. The van der Waals surface area contributed by atoms with Crippen LogP contribution in [0.4, 0.5) is 5.95 Å². The topological polar surface area (TPSA) is 43.8 Å². The van der Waals surface area contributed by atoms with Gasteiger partial charge in [0.2, 0.25) is 5.95 Å². The van der Waals surface area contributed by atoms with Gasteiger partial charge in [0, 0.05) is 6.04 Å². The third kappa shape index (κ3) is 1.53. The van der Waals surface area contributed by atoms with Gasteiger partial charge in [0.15, 0.2) is 0 Å². The van der Waals surface area contributed by atoms with Crippen LogP contribution in [-0.2, 0) is 0 Å². The second-order valence-corrected chi connectivity index (χ2v) is 5.26. The number of para-hydroxylation sites is 1. The van der Waals surface area contributed by atoms with Crippen molar-refractivity contribution in [3.05, 3.63) is 23.8 Å². The van der Waals surface area contributed by atoms with Gasteiger partial charge >= 0.3 is 0 Å². The molecule has 2 unspecified atom stereocenters. The fourth-order valence-corrected chi connectivity index (χ4v) is 3.13. The first-order valence-corrected chi connectivity index (χ1v) is 6.41. The SMILES string of the molecule is Cc1cccc2c1nc(N)n2C1CCCC1C. The molecule has 1 heterocycles. The summed E-state index contributed by atoms with van der Waals surface area (Å²) in [7, 11) is 0. The lowest BCUT2D eigenvalue weighted by Gasteiger charge is -2.19. The highest BCUT2D eigenvalue weighted by Crippen LogP contribution is 2.39. The van der Waals surface area contributed by atoms with Gasteiger partial charge in [0.05, 0.1) is 11.0 Å². The van der Waals surface area contributed by atoms with E-state index >= 15 is 0 Å². The number of nitrogens with zero attached hydrogens (tertiary/aromatic N) is 2. The van der Waals surface area contributed by atoms with Crippen molar-refractivity contribution in [2.24, 2.45) is 5.92 Å². The first-order chi connectivity index (χ1) is 8.18. The Labute approximate surface area is 102 Å². The zero-order valence-corrected chi connectivity index (χ0v) is 10.5. The van der Waals surface area contributed by atoms with Gasteiger partial charge in [0.1, 0.15) is 0 Å². The maximum Gasteiger partial charge on any atom is 0.201 e. The molecule has 0 amide bonds. The number of aryl methyl sites for hydroxylation is 1. The highest BCUT2D eigenvalue weighted by atomic mass is 15.2. The van der Waals surface area contributed by atoms with Crippen LogP contribution in [-0.4, -0.2) is 9.55 Å². The first kappa shape index (κ1) is 10.6. The molecule has 0 spiro atoms. The number of hydrogen-bond donors (Lipinski definition) is 1. The smallest absolute Gasteiger partial charge is 0.201 e. The molecule has 3 nitrogen and oxygen atoms in total. The number of nitrogen functional groups attached to an aromatic ring is 1. The van der Waals surface area contributed by atoms with Crippen LogP contribution in [0.1, 0.15) is 37.8 Å². The molecular weight excluding hydrogens is 210 g/mol. The number of nitrogens with two attached hydrogens (primary N) is 1. The molecule has 3 heteroatoms. The minimum Gasteiger partial charge on any atom is -0.369 e. The lowest BCUT2D eigenvalue weighted by Crippen LogP contribution is -2.14. The van der Waals surface area contributed by atoms with E-state index in [9.17, 15) is 0 Å². The number of fused-ring (bicyclic) bond motifs is 1. The summed E-state index contributed by atoms with van der Waals surface area (Å²) in [5.41, 5.74) is 9.58. The van der Waals surface area contributed by atoms with Crippen molar-refractivity contribution in [1.29, 1.82) is 0 Å². The van der Waals surface area contributed by atoms with E-state index in [0.717, 1.165) is 5.52 Å². The normalized spacial score (nSPS) is 24.6. The number of imidazole rings is 1. The molecule has 2 atom stereocenters. The third-order valence-corrected chi connectivity index (χ3v) is 4.10. The molecule has 0 radical (unpaired) electrons. The Hall–Kier alpha value is -1.51. The molecule has 90 valence electrons. The predicted molar refractivity (Wildman–Crippen MR) is 70.9 cm³/mol. The van der Waals surface area contributed by atoms with E-state index in [-0.39, 0.29) is 0 Å². The quantitative estimate of drug-likeness (QED) is 0.815. The average molecular weight is 229 g/mol. The maximum atomic E-state index is 6.12. The second-order valence-electron chi connectivity index (χ2n) is 5.26. The number of anilines is 1. The molecule has 1 aromatic carbocycles. The number of aromatic nitrogens is 2. The molecule has 0 bridgehead atoms. The molecule has 0 aliphatic heterocycles. The summed E-state index contributed by atoms with van der Waals surface area (Å²) in [4.78, 5) is 4.53. The lowest BCUT2D eigenvalue weighted by molar-refractivity contribution is 0.421. The van der Waals surface area contributed by atoms with Crippen LogP contribution in [0.15, 0.2) is 18.2 Å². The van der Waals surface area contributed by atoms with Crippen LogP contribution in [0.3, 0.4) is 0 Å². The minimum atomic E-state index is 0.529. The van der Waals surface area contributed by atoms with Crippen molar-refractivity contribution < 1.29 is 0 Å². The standard InChI is InChI=1S/C14H19N3/c1-9-5-3-7-11(9)17-12-8-4-6-10(2)13(12)16-14(17)15/h4,6,8-9,11H,3,5,7H2,1-2H3,(H2,15,16). The number of benzene rings is 1. The van der Waals surface area contributed by atoms with E-state index in [4.69, 9.17) is 5.73 Å². The molecule has 2 N–H and O–H groups in total. The van der Waals surface area contributed by atoms with E-state index in [1.807, 2.05) is 0 Å². The number of rotatable bonds is 1. The van der Waals surface area contributed by atoms with Gasteiger partial charge in [0.25, 0.3) is 0 Å². The zero-order valence-electron chi connectivity index (χ0n) is 10.5. The van der Waals surface area contributed by atoms with E-state index in [1.54, 1.807) is 0 Å². The van der Waals surface area contributed by atoms with Gasteiger partial charge in [-0.3, -0.25) is 0 Å². The highest BCUT2D eigenvalue weighted by Gasteiger charge is 2.27. The first-order valence-electron chi connectivity index (χ1n) is 6.41. The van der Waals surface area contributed by atoms with Crippen molar-refractivity contribution >= 4 is 17.0 Å². The Kier molecular flexibility index (Phi) is 2.35. The van der Waals surface area contributed by atoms with Gasteiger partial charge in [-0.2, -0.15) is 0 Å². The van der Waals surface area contributed by atoms with E-state index < -0.39 is 0 Å². The van der Waals surface area contributed by atoms with Crippen LogP contribution in [0.5, 0.6) is 0 Å². The van der Waals surface area contributed by atoms with Crippen LogP contribution in [0, 0.1) is 12.8 Å². The van der Waals surface area contributed by atoms with Gasteiger partial charge in [-0.25, -0.2) is 4.98 Å². The molecule has 0 saturated heterocycles. The van der Waals surface area contributed by atoms with E-state index in [1.165, 1.54) is 30.3 Å². The van der Waals surface area contributed by atoms with Crippen molar-refractivity contribution in [3.8, 4) is 0 Å². The monoisotopic (exact) mass is 229 g/mol. The largest absolute Gasteiger partial charge is 0.369 e. The summed E-state index contributed by atoms with van der Waals surface area (Å²) < 4.78 is 2.25. The van der Waals surface area contributed by atoms with Gasteiger partial charge < -0.3 is 10.3 Å². The van der Waals surface area contributed by atoms with Crippen molar-refractivity contribution in [2.45, 2.75) is 39.2 Å². The Morgan fingerprint density at radius 1 is 1.35 bits per heavy atom. The molecule has 1 aliphatic rings. The van der Waals surface area contributed by atoms with Crippen molar-refractivity contribution in [3.63, 3.8) is 0 Å². The average Bonchev–Trinajstić information content (AvgIpc) is 2.83. The molecule has 2 aromatic rings. The summed E-state index contributed by atoms with van der Waals surface area (Å²) >= 11 is 0. The highest BCUT2D eigenvalue weighted by molar-refractivity contribution is 5.81. The molecule has 1 aliphatic carbocycles. The number of hydrogen-bond acceptors (Lipinski definition) is 2. The minimum absolute atomic E-state index is 0.529. The van der Waals surface area contributed by atoms with Gasteiger partial charge in [-0.1, -0.05) is 25.5 Å². The fourth-order valence-electron chi connectivity index (χ4n) is 3.13. The Morgan fingerprint density at radius 2 is 2.18 bits per heavy atom. The van der Waals surface area contributed by atoms with Gasteiger partial charge in [-0.15, -0.1) is 0 Å². The summed E-state index contributed by atoms with van der Waals surface area (Å²) in [5.74, 6) is 1.38. The second kappa shape index (κ2) is 3.76. The molecule has 17 heavy (non-hydrogen) atoms. The van der Waals surface area contributed by atoms with Crippen LogP contribution < -0.4 is 5.73 Å². The summed E-state index contributed by atoms with van der Waals surface area (Å²) in [6, 6.07) is 6.85. The van der Waals surface area contributed by atoms with Crippen LogP contribution >= 0.6 is 0 Å². The summed E-state index contributed by atoms with van der Waals surface area (Å²) in [6.45, 7) is 4.41. The van der Waals surface area contributed by atoms with Crippen molar-refractivity contribution in [1.82, 2.24) is 9.55 Å². The predicted octanol–water partition coefficient (Wildman–Crippen LogP) is 3.29. The van der Waals surface area contributed by atoms with Crippen molar-refractivity contribution in [2.75, 3.05) is 5.73 Å². The maximum absolute atomic E-state index is 6.12.